The molecule has 0 aliphatic heterocycles. The fraction of sp³-hybridized carbons (Fsp3) is 0.364. The van der Waals surface area contributed by atoms with Gasteiger partial charge in [0.15, 0.2) is 23.0 Å². The van der Waals surface area contributed by atoms with Crippen LogP contribution in [0.4, 0.5) is 0 Å². The van der Waals surface area contributed by atoms with Crippen molar-refractivity contribution in [3.63, 3.8) is 0 Å². The summed E-state index contributed by atoms with van der Waals surface area (Å²) in [5.41, 5.74) is 1.79. The Morgan fingerprint density at radius 2 is 1.31 bits per heavy atom. The van der Waals surface area contributed by atoms with Gasteiger partial charge in [0.2, 0.25) is 0 Å². The van der Waals surface area contributed by atoms with E-state index >= 15 is 0 Å². The molecular weight excluding hydrogens is 328 g/mol. The molecule has 0 atom stereocenters. The average molecular weight is 356 g/mol. The zero-order valence-electron chi connectivity index (χ0n) is 16.1. The highest BCUT2D eigenvalue weighted by Crippen LogP contribution is 2.39. The number of ether oxygens (including phenoxy) is 4. The van der Waals surface area contributed by atoms with Crippen LogP contribution in [0.15, 0.2) is 48.5 Å². The molecule has 2 rings (SSSR count). The maximum Gasteiger partial charge on any atom is 0.172 e. The zero-order chi connectivity index (χ0) is 18.8. The molecule has 0 aliphatic rings. The van der Waals surface area contributed by atoms with Gasteiger partial charge >= 0.3 is 0 Å². The molecule has 0 heterocycles. The molecule has 140 valence electrons. The van der Waals surface area contributed by atoms with Gasteiger partial charge in [-0.05, 0) is 39.8 Å². The summed E-state index contributed by atoms with van der Waals surface area (Å²) in [5.74, 6) is 2.73. The van der Waals surface area contributed by atoms with E-state index in [4.69, 9.17) is 18.9 Å². The maximum atomic E-state index is 6.04. The predicted molar refractivity (Wildman–Crippen MR) is 105 cm³/mol. The van der Waals surface area contributed by atoms with Crippen molar-refractivity contribution in [1.82, 2.24) is 0 Å². The Labute approximate surface area is 156 Å². The Balaban J connectivity index is 2.69. The van der Waals surface area contributed by atoms with Crippen LogP contribution in [0.5, 0.6) is 11.5 Å². The van der Waals surface area contributed by atoms with Crippen molar-refractivity contribution in [2.24, 2.45) is 0 Å². The van der Waals surface area contributed by atoms with Crippen molar-refractivity contribution in [3.05, 3.63) is 59.7 Å². The summed E-state index contributed by atoms with van der Waals surface area (Å²) in [6.45, 7) is 9.99. The smallest absolute Gasteiger partial charge is 0.172 e. The van der Waals surface area contributed by atoms with Crippen molar-refractivity contribution >= 4 is 11.5 Å². The number of para-hydroxylation sites is 1. The first-order chi connectivity index (χ1) is 12.8. The third-order valence-electron chi connectivity index (χ3n) is 3.63. The quantitative estimate of drug-likeness (QED) is 0.423. The fourth-order valence-corrected chi connectivity index (χ4v) is 2.68. The average Bonchev–Trinajstić information content (AvgIpc) is 2.67. The normalized spacial score (nSPS) is 11.5. The summed E-state index contributed by atoms with van der Waals surface area (Å²) < 4.78 is 23.7. The van der Waals surface area contributed by atoms with Gasteiger partial charge in [-0.25, -0.2) is 0 Å². The van der Waals surface area contributed by atoms with Crippen molar-refractivity contribution in [2.75, 3.05) is 26.4 Å². The van der Waals surface area contributed by atoms with Crippen molar-refractivity contribution in [1.29, 1.82) is 0 Å². The van der Waals surface area contributed by atoms with Gasteiger partial charge in [0.05, 0.1) is 32.0 Å². The topological polar surface area (TPSA) is 36.9 Å². The monoisotopic (exact) mass is 356 g/mol. The maximum absolute atomic E-state index is 6.04. The van der Waals surface area contributed by atoms with Gasteiger partial charge in [-0.1, -0.05) is 36.4 Å². The fourth-order valence-electron chi connectivity index (χ4n) is 2.68. The summed E-state index contributed by atoms with van der Waals surface area (Å²) in [6, 6.07) is 15.8. The van der Waals surface area contributed by atoms with E-state index in [9.17, 15) is 0 Å². The van der Waals surface area contributed by atoms with Crippen LogP contribution in [0.3, 0.4) is 0 Å². The minimum absolute atomic E-state index is 0.517. The molecule has 4 nitrogen and oxygen atoms in total. The van der Waals surface area contributed by atoms with Gasteiger partial charge in [0, 0.05) is 5.56 Å². The van der Waals surface area contributed by atoms with E-state index in [2.05, 4.69) is 0 Å². The summed E-state index contributed by atoms with van der Waals surface area (Å²) in [4.78, 5) is 0. The lowest BCUT2D eigenvalue weighted by molar-refractivity contribution is 0.256. The predicted octanol–water partition coefficient (Wildman–Crippen LogP) is 5.38. The molecule has 0 aromatic heterocycles. The van der Waals surface area contributed by atoms with E-state index in [0.29, 0.717) is 49.4 Å². The second-order valence-corrected chi connectivity index (χ2v) is 5.39. The Morgan fingerprint density at radius 3 is 1.92 bits per heavy atom. The van der Waals surface area contributed by atoms with Crippen LogP contribution < -0.4 is 9.47 Å². The van der Waals surface area contributed by atoms with E-state index < -0.39 is 0 Å². The molecule has 0 spiro atoms. The number of rotatable bonds is 10. The first-order valence-electron chi connectivity index (χ1n) is 9.20. The molecule has 0 fully saturated rings. The van der Waals surface area contributed by atoms with Crippen molar-refractivity contribution in [3.8, 4) is 11.5 Å². The lowest BCUT2D eigenvalue weighted by atomic mass is 10.1. The largest absolute Gasteiger partial charge is 0.490 e. The summed E-state index contributed by atoms with van der Waals surface area (Å²) >= 11 is 0. The minimum Gasteiger partial charge on any atom is -0.490 e. The molecule has 0 bridgehead atoms. The molecule has 0 amide bonds. The molecule has 0 N–H and O–H groups in total. The van der Waals surface area contributed by atoms with E-state index in [0.717, 1.165) is 11.1 Å². The van der Waals surface area contributed by atoms with E-state index in [-0.39, 0.29) is 0 Å². The summed E-state index contributed by atoms with van der Waals surface area (Å²) in [6.07, 6.45) is 0. The molecule has 2 aromatic carbocycles. The second-order valence-electron chi connectivity index (χ2n) is 5.39. The van der Waals surface area contributed by atoms with Crippen LogP contribution in [0.25, 0.3) is 11.5 Å². The van der Waals surface area contributed by atoms with Crippen LogP contribution >= 0.6 is 0 Å². The molecule has 0 saturated heterocycles. The van der Waals surface area contributed by atoms with E-state index in [1.165, 1.54) is 0 Å². The lowest BCUT2D eigenvalue weighted by Crippen LogP contribution is -2.06. The van der Waals surface area contributed by atoms with E-state index in [1.807, 2.05) is 76.2 Å². The van der Waals surface area contributed by atoms with Crippen LogP contribution in [0.2, 0.25) is 0 Å². The molecule has 26 heavy (non-hydrogen) atoms. The molecular formula is C22H28O4. The highest BCUT2D eigenvalue weighted by molar-refractivity contribution is 5.87. The molecule has 4 heteroatoms. The van der Waals surface area contributed by atoms with Gasteiger partial charge in [0.1, 0.15) is 0 Å². The Kier molecular flexibility index (Phi) is 7.87. The number of hydrogen-bond donors (Lipinski definition) is 0. The highest BCUT2D eigenvalue weighted by Gasteiger charge is 2.21. The number of benzene rings is 2. The van der Waals surface area contributed by atoms with Gasteiger partial charge in [0.25, 0.3) is 0 Å². The van der Waals surface area contributed by atoms with Gasteiger partial charge in [-0.15, -0.1) is 0 Å². The second kappa shape index (κ2) is 10.4. The van der Waals surface area contributed by atoms with Crippen molar-refractivity contribution in [2.45, 2.75) is 27.7 Å². The zero-order valence-corrected chi connectivity index (χ0v) is 16.1. The van der Waals surface area contributed by atoms with E-state index in [1.54, 1.807) is 0 Å². The van der Waals surface area contributed by atoms with Crippen LogP contribution in [0.1, 0.15) is 38.8 Å². The van der Waals surface area contributed by atoms with Gasteiger partial charge in [-0.3, -0.25) is 0 Å². The lowest BCUT2D eigenvalue weighted by Gasteiger charge is -2.20. The summed E-state index contributed by atoms with van der Waals surface area (Å²) in [5, 5.41) is 0. The molecule has 2 aromatic rings. The first-order valence-corrected chi connectivity index (χ1v) is 9.20. The Bertz CT molecular complexity index is 707. The molecule has 0 unspecified atom stereocenters. The SMILES string of the molecule is CCOC(=C(OCC)c1cccc(OCC)c1OCC)c1ccccc1. The third kappa shape index (κ3) is 4.72. The molecule has 0 saturated carbocycles. The third-order valence-corrected chi connectivity index (χ3v) is 3.63. The van der Waals surface area contributed by atoms with Crippen LogP contribution in [-0.2, 0) is 9.47 Å². The first kappa shape index (κ1) is 19.7. The van der Waals surface area contributed by atoms with Gasteiger partial charge < -0.3 is 18.9 Å². The Hall–Kier alpha value is -2.62. The molecule has 0 aliphatic carbocycles. The van der Waals surface area contributed by atoms with Crippen LogP contribution in [-0.4, -0.2) is 26.4 Å². The summed E-state index contributed by atoms with van der Waals surface area (Å²) in [7, 11) is 0. The molecule has 0 radical (unpaired) electrons. The van der Waals surface area contributed by atoms with Gasteiger partial charge in [-0.2, -0.15) is 0 Å². The minimum atomic E-state index is 0.517. The van der Waals surface area contributed by atoms with Crippen molar-refractivity contribution < 1.29 is 18.9 Å². The highest BCUT2D eigenvalue weighted by atomic mass is 16.5. The standard InChI is InChI=1S/C22H28O4/c1-5-23-19-16-12-15-18(21(19)25-7-3)22(26-8-4)20(24-6-2)17-13-10-9-11-14-17/h9-16H,5-8H2,1-4H3. The Morgan fingerprint density at radius 1 is 0.654 bits per heavy atom. The number of hydrogen-bond acceptors (Lipinski definition) is 4. The van der Waals surface area contributed by atoms with Crippen LogP contribution in [0, 0.1) is 0 Å².